The summed E-state index contributed by atoms with van der Waals surface area (Å²) in [5.41, 5.74) is 2.11. The van der Waals surface area contributed by atoms with Gasteiger partial charge in [0.15, 0.2) is 4.77 Å². The molecule has 0 aliphatic heterocycles. The number of benzene rings is 1. The van der Waals surface area contributed by atoms with Crippen LogP contribution in [0.25, 0.3) is 11.0 Å². The van der Waals surface area contributed by atoms with Gasteiger partial charge in [0.25, 0.3) is 0 Å². The van der Waals surface area contributed by atoms with Crippen molar-refractivity contribution in [3.8, 4) is 5.75 Å². The zero-order valence-corrected chi connectivity index (χ0v) is 13.5. The molecule has 0 radical (unpaired) electrons. The molecule has 1 N–H and O–H groups in total. The smallest absolute Gasteiger partial charge is 0.178 e. The number of imidazole rings is 1. The number of hydrogen-bond acceptors (Lipinski definition) is 3. The highest BCUT2D eigenvalue weighted by atomic mass is 32.1. The number of hydrogen-bond donors (Lipinski definition) is 1. The summed E-state index contributed by atoms with van der Waals surface area (Å²) in [6.07, 6.45) is 1.06. The van der Waals surface area contributed by atoms with Gasteiger partial charge in [-0.15, -0.1) is 0 Å². The third-order valence-electron chi connectivity index (χ3n) is 3.45. The minimum atomic E-state index is 0.357. The first-order valence-electron chi connectivity index (χ1n) is 7.05. The molecular formula is C15H23N3OS. The van der Waals surface area contributed by atoms with E-state index in [9.17, 15) is 0 Å². The number of H-pyrrole nitrogens is 1. The van der Waals surface area contributed by atoms with E-state index < -0.39 is 0 Å². The van der Waals surface area contributed by atoms with Crippen molar-refractivity contribution in [2.24, 2.45) is 0 Å². The van der Waals surface area contributed by atoms with Crippen LogP contribution in [0.3, 0.4) is 0 Å². The normalized spacial score (nSPS) is 13.1. The molecule has 110 valence electrons. The molecule has 1 aromatic heterocycles. The Hall–Kier alpha value is -1.33. The highest BCUT2D eigenvalue weighted by Crippen LogP contribution is 2.28. The molecule has 1 aromatic carbocycles. The zero-order valence-electron chi connectivity index (χ0n) is 12.6. The third kappa shape index (κ3) is 3.04. The van der Waals surface area contributed by atoms with Crippen molar-refractivity contribution in [2.75, 3.05) is 27.2 Å². The Labute approximate surface area is 125 Å². The van der Waals surface area contributed by atoms with Crippen molar-refractivity contribution >= 4 is 23.3 Å². The van der Waals surface area contributed by atoms with Crippen molar-refractivity contribution in [3.63, 3.8) is 0 Å². The van der Waals surface area contributed by atoms with Gasteiger partial charge in [0.1, 0.15) is 11.3 Å². The van der Waals surface area contributed by atoms with Crippen LogP contribution in [0.4, 0.5) is 0 Å². The van der Waals surface area contributed by atoms with Crippen LogP contribution in [0.1, 0.15) is 26.3 Å². The van der Waals surface area contributed by atoms with Crippen LogP contribution in [0.5, 0.6) is 5.75 Å². The first-order chi connectivity index (χ1) is 9.54. The standard InChI is InChI=1S/C15H23N3OS/c1-5-19-13-8-6-7-12-14(13)16-15(20)18(12)11(2)9-10-17(3)4/h6-8,11H,5,9-10H2,1-4H3,(H,16,20). The fourth-order valence-corrected chi connectivity index (χ4v) is 2.79. The van der Waals surface area contributed by atoms with E-state index in [1.54, 1.807) is 0 Å². The molecule has 0 aliphatic carbocycles. The molecule has 20 heavy (non-hydrogen) atoms. The van der Waals surface area contributed by atoms with E-state index in [1.807, 2.05) is 19.1 Å². The Morgan fingerprint density at radius 1 is 1.40 bits per heavy atom. The maximum Gasteiger partial charge on any atom is 0.178 e. The Bertz CT molecular complexity index is 630. The largest absolute Gasteiger partial charge is 0.492 e. The van der Waals surface area contributed by atoms with Gasteiger partial charge in [-0.3, -0.25) is 0 Å². The van der Waals surface area contributed by atoms with E-state index in [-0.39, 0.29) is 0 Å². The second-order valence-electron chi connectivity index (χ2n) is 5.32. The highest BCUT2D eigenvalue weighted by Gasteiger charge is 2.13. The lowest BCUT2D eigenvalue weighted by molar-refractivity contribution is 0.343. The fraction of sp³-hybridized carbons (Fsp3) is 0.533. The predicted octanol–water partition coefficient (Wildman–Crippen LogP) is 3.61. The summed E-state index contributed by atoms with van der Waals surface area (Å²) in [4.78, 5) is 5.48. The number of aromatic amines is 1. The van der Waals surface area contributed by atoms with Crippen LogP contribution in [-0.4, -0.2) is 41.7 Å². The lowest BCUT2D eigenvalue weighted by Crippen LogP contribution is -2.17. The third-order valence-corrected chi connectivity index (χ3v) is 3.75. The summed E-state index contributed by atoms with van der Waals surface area (Å²) in [5.74, 6) is 0.870. The first-order valence-corrected chi connectivity index (χ1v) is 7.46. The molecule has 0 spiro atoms. The number of rotatable bonds is 6. The number of fused-ring (bicyclic) bond motifs is 1. The SMILES string of the molecule is CCOc1cccc2c1[nH]c(=S)n2C(C)CCN(C)C. The van der Waals surface area contributed by atoms with E-state index in [0.29, 0.717) is 12.6 Å². The van der Waals surface area contributed by atoms with E-state index in [1.165, 1.54) is 0 Å². The topological polar surface area (TPSA) is 33.2 Å². The fourth-order valence-electron chi connectivity index (χ4n) is 2.41. The van der Waals surface area contributed by atoms with E-state index in [4.69, 9.17) is 17.0 Å². The number of nitrogens with zero attached hydrogens (tertiary/aromatic N) is 2. The molecule has 2 rings (SSSR count). The van der Waals surface area contributed by atoms with Crippen molar-refractivity contribution in [2.45, 2.75) is 26.3 Å². The van der Waals surface area contributed by atoms with Crippen LogP contribution >= 0.6 is 12.2 Å². The van der Waals surface area contributed by atoms with Crippen LogP contribution in [0.15, 0.2) is 18.2 Å². The molecule has 5 heteroatoms. The van der Waals surface area contributed by atoms with Gasteiger partial charge in [0, 0.05) is 6.04 Å². The maximum absolute atomic E-state index is 5.67. The Kier molecular flexibility index (Phi) is 4.83. The Morgan fingerprint density at radius 3 is 2.80 bits per heavy atom. The molecule has 0 fully saturated rings. The molecule has 0 amide bonds. The van der Waals surface area contributed by atoms with Gasteiger partial charge in [0.05, 0.1) is 12.1 Å². The van der Waals surface area contributed by atoms with Gasteiger partial charge in [-0.05, 0) is 65.3 Å². The molecule has 1 atom stereocenters. The van der Waals surface area contributed by atoms with Crippen LogP contribution in [-0.2, 0) is 0 Å². The molecule has 0 saturated heterocycles. The molecular weight excluding hydrogens is 270 g/mol. The molecule has 0 aliphatic rings. The lowest BCUT2D eigenvalue weighted by Gasteiger charge is -2.17. The summed E-state index contributed by atoms with van der Waals surface area (Å²) in [6.45, 7) is 5.89. The van der Waals surface area contributed by atoms with Crippen LogP contribution in [0, 0.1) is 4.77 Å². The average molecular weight is 293 g/mol. The van der Waals surface area contributed by atoms with Crippen molar-refractivity contribution in [1.29, 1.82) is 0 Å². The first kappa shape index (κ1) is 15.1. The van der Waals surface area contributed by atoms with Crippen LogP contribution < -0.4 is 4.74 Å². The van der Waals surface area contributed by atoms with Gasteiger partial charge in [-0.2, -0.15) is 0 Å². The molecule has 1 heterocycles. The average Bonchev–Trinajstić information content (AvgIpc) is 2.73. The van der Waals surface area contributed by atoms with Crippen molar-refractivity contribution in [3.05, 3.63) is 23.0 Å². The number of para-hydroxylation sites is 1. The second-order valence-corrected chi connectivity index (χ2v) is 5.71. The quantitative estimate of drug-likeness (QED) is 0.826. The van der Waals surface area contributed by atoms with Crippen LogP contribution in [0.2, 0.25) is 0 Å². The van der Waals surface area contributed by atoms with E-state index >= 15 is 0 Å². The molecule has 0 saturated carbocycles. The van der Waals surface area contributed by atoms with Crippen molar-refractivity contribution < 1.29 is 4.74 Å². The van der Waals surface area contributed by atoms with E-state index in [2.05, 4.69) is 41.5 Å². The molecule has 0 bridgehead atoms. The summed E-state index contributed by atoms with van der Waals surface area (Å²) < 4.78 is 8.62. The summed E-state index contributed by atoms with van der Waals surface area (Å²) in [7, 11) is 4.18. The Balaban J connectivity index is 2.41. The number of ether oxygens (including phenoxy) is 1. The predicted molar refractivity (Wildman–Crippen MR) is 86.2 cm³/mol. The monoisotopic (exact) mass is 293 g/mol. The Morgan fingerprint density at radius 2 is 2.15 bits per heavy atom. The van der Waals surface area contributed by atoms with Gasteiger partial charge >= 0.3 is 0 Å². The van der Waals surface area contributed by atoms with Gasteiger partial charge in [-0.25, -0.2) is 0 Å². The summed E-state index contributed by atoms with van der Waals surface area (Å²) >= 11 is 5.49. The minimum absolute atomic E-state index is 0.357. The highest BCUT2D eigenvalue weighted by molar-refractivity contribution is 7.71. The van der Waals surface area contributed by atoms with Gasteiger partial charge in [-0.1, -0.05) is 6.07 Å². The summed E-state index contributed by atoms with van der Waals surface area (Å²) in [6, 6.07) is 6.45. The lowest BCUT2D eigenvalue weighted by atomic mass is 10.2. The van der Waals surface area contributed by atoms with Crippen molar-refractivity contribution in [1.82, 2.24) is 14.5 Å². The molecule has 4 nitrogen and oxygen atoms in total. The minimum Gasteiger partial charge on any atom is -0.492 e. The second kappa shape index (κ2) is 6.41. The maximum atomic E-state index is 5.67. The zero-order chi connectivity index (χ0) is 14.7. The summed E-state index contributed by atoms with van der Waals surface area (Å²) in [5, 5.41) is 0. The molecule has 1 unspecified atom stereocenters. The van der Waals surface area contributed by atoms with E-state index in [0.717, 1.165) is 34.5 Å². The number of nitrogens with one attached hydrogen (secondary N) is 1. The molecule has 2 aromatic rings. The van der Waals surface area contributed by atoms with Gasteiger partial charge in [0.2, 0.25) is 0 Å². The number of aromatic nitrogens is 2. The van der Waals surface area contributed by atoms with Gasteiger partial charge < -0.3 is 19.2 Å².